The Hall–Kier alpha value is -2.96. The molecule has 7 heteroatoms. The maximum atomic E-state index is 11.8. The predicted octanol–water partition coefficient (Wildman–Crippen LogP) is 2.49. The molecule has 4 heterocycles. The highest BCUT2D eigenvalue weighted by Gasteiger charge is 2.26. The van der Waals surface area contributed by atoms with Gasteiger partial charge in [0.15, 0.2) is 0 Å². The molecule has 1 saturated heterocycles. The highest BCUT2D eigenvalue weighted by Crippen LogP contribution is 2.33. The van der Waals surface area contributed by atoms with Crippen molar-refractivity contribution in [3.05, 3.63) is 41.1 Å². The number of nitrogens with zero attached hydrogens (tertiary/aromatic N) is 2. The minimum Gasteiger partial charge on any atom is -0.490 e. The van der Waals surface area contributed by atoms with Crippen molar-refractivity contribution in [2.24, 2.45) is 0 Å². The van der Waals surface area contributed by atoms with Crippen LogP contribution >= 0.6 is 0 Å². The maximum absolute atomic E-state index is 11.8. The van der Waals surface area contributed by atoms with E-state index in [0.29, 0.717) is 18.7 Å². The molecular formula is C21H24N4O3. The quantitative estimate of drug-likeness (QED) is 0.852. The number of hydrogen-bond donors (Lipinski definition) is 2. The number of aryl methyl sites for hydroxylation is 1. The van der Waals surface area contributed by atoms with Crippen LogP contribution in [0.25, 0.3) is 0 Å². The molecule has 1 amide bonds. The second kappa shape index (κ2) is 6.89. The van der Waals surface area contributed by atoms with E-state index in [-0.39, 0.29) is 12.0 Å². The summed E-state index contributed by atoms with van der Waals surface area (Å²) in [6, 6.07) is 7.94. The summed E-state index contributed by atoms with van der Waals surface area (Å²) in [6.07, 6.45) is 2.07. The predicted molar refractivity (Wildman–Crippen MR) is 106 cm³/mol. The van der Waals surface area contributed by atoms with Gasteiger partial charge in [0.05, 0.1) is 23.5 Å². The monoisotopic (exact) mass is 380 g/mol. The molecule has 146 valence electrons. The number of aromatic nitrogens is 1. The molecule has 0 atom stereocenters. The first-order chi connectivity index (χ1) is 13.7. The lowest BCUT2D eigenvalue weighted by molar-refractivity contribution is 0.0965. The van der Waals surface area contributed by atoms with Crippen LogP contribution in [0, 0.1) is 6.92 Å². The number of rotatable bonds is 3. The van der Waals surface area contributed by atoms with Gasteiger partial charge in [-0.05, 0) is 30.7 Å². The number of ether oxygens (including phenoxy) is 2. The van der Waals surface area contributed by atoms with Gasteiger partial charge in [0, 0.05) is 38.5 Å². The Morgan fingerprint density at radius 3 is 2.93 bits per heavy atom. The summed E-state index contributed by atoms with van der Waals surface area (Å²) in [4.78, 5) is 18.9. The number of benzene rings is 1. The molecule has 7 nitrogen and oxygen atoms in total. The van der Waals surface area contributed by atoms with Gasteiger partial charge in [-0.15, -0.1) is 0 Å². The highest BCUT2D eigenvalue weighted by atomic mass is 16.5. The molecule has 0 saturated carbocycles. The molecule has 0 spiro atoms. The lowest BCUT2D eigenvalue weighted by Crippen LogP contribution is -2.39. The van der Waals surface area contributed by atoms with E-state index < -0.39 is 0 Å². The van der Waals surface area contributed by atoms with Gasteiger partial charge in [-0.25, -0.2) is 4.98 Å². The molecule has 0 bridgehead atoms. The minimum absolute atomic E-state index is 0.0193. The molecule has 1 aromatic carbocycles. The van der Waals surface area contributed by atoms with E-state index in [0.717, 1.165) is 66.7 Å². The highest BCUT2D eigenvalue weighted by molar-refractivity contribution is 5.98. The van der Waals surface area contributed by atoms with Gasteiger partial charge in [-0.3, -0.25) is 4.79 Å². The van der Waals surface area contributed by atoms with Crippen molar-refractivity contribution in [1.82, 2.24) is 10.3 Å². The zero-order valence-corrected chi connectivity index (χ0v) is 16.0. The fraction of sp³-hybridized carbons (Fsp3) is 0.429. The fourth-order valence-corrected chi connectivity index (χ4v) is 4.12. The van der Waals surface area contributed by atoms with Crippen LogP contribution in [0.4, 0.5) is 11.5 Å². The van der Waals surface area contributed by atoms with E-state index >= 15 is 0 Å². The molecule has 0 radical (unpaired) electrons. The third kappa shape index (κ3) is 3.10. The second-order valence-electron chi connectivity index (χ2n) is 7.54. The lowest BCUT2D eigenvalue weighted by atomic mass is 10.1. The molecule has 5 rings (SSSR count). The Morgan fingerprint density at radius 2 is 2.07 bits per heavy atom. The van der Waals surface area contributed by atoms with Gasteiger partial charge in [0.1, 0.15) is 30.0 Å². The summed E-state index contributed by atoms with van der Waals surface area (Å²) in [5, 5.41) is 6.19. The first-order valence-electron chi connectivity index (χ1n) is 9.88. The van der Waals surface area contributed by atoms with Crippen molar-refractivity contribution < 1.29 is 14.3 Å². The molecule has 0 aliphatic carbocycles. The van der Waals surface area contributed by atoms with E-state index in [2.05, 4.69) is 15.5 Å². The Morgan fingerprint density at radius 1 is 1.21 bits per heavy atom. The zero-order chi connectivity index (χ0) is 19.1. The Kier molecular flexibility index (Phi) is 4.22. The number of anilines is 2. The van der Waals surface area contributed by atoms with Crippen LogP contribution in [0.15, 0.2) is 24.3 Å². The van der Waals surface area contributed by atoms with Crippen LogP contribution in [0.1, 0.15) is 34.5 Å². The molecule has 3 aliphatic rings. The first-order valence-corrected chi connectivity index (χ1v) is 9.88. The number of carbonyl (C=O) groups excluding carboxylic acids is 1. The number of fused-ring (bicyclic) bond motifs is 2. The normalized spacial score (nSPS) is 18.6. The van der Waals surface area contributed by atoms with Crippen LogP contribution < -0.4 is 25.0 Å². The van der Waals surface area contributed by atoms with Crippen LogP contribution in [0.5, 0.6) is 11.5 Å². The summed E-state index contributed by atoms with van der Waals surface area (Å²) in [6.45, 7) is 5.86. The van der Waals surface area contributed by atoms with Gasteiger partial charge in [-0.1, -0.05) is 0 Å². The minimum atomic E-state index is -0.0193. The van der Waals surface area contributed by atoms with Crippen LogP contribution in [-0.2, 0) is 6.54 Å². The molecule has 1 aromatic heterocycles. The van der Waals surface area contributed by atoms with Gasteiger partial charge in [-0.2, -0.15) is 0 Å². The number of nitrogens with one attached hydrogen (secondary N) is 2. The van der Waals surface area contributed by atoms with Gasteiger partial charge in [0.25, 0.3) is 5.91 Å². The fourth-order valence-electron chi connectivity index (χ4n) is 4.12. The van der Waals surface area contributed by atoms with Gasteiger partial charge >= 0.3 is 0 Å². The SMILES string of the molecule is Cc1cc2c(nc1N1CCC(Oc3ccc4c(c3)NCCO4)CC1)CNC2=O. The van der Waals surface area contributed by atoms with E-state index in [1.165, 1.54) is 0 Å². The Balaban J connectivity index is 1.24. The number of piperidine rings is 1. The topological polar surface area (TPSA) is 75.7 Å². The van der Waals surface area contributed by atoms with E-state index in [4.69, 9.17) is 14.5 Å². The summed E-state index contributed by atoms with van der Waals surface area (Å²) >= 11 is 0. The van der Waals surface area contributed by atoms with E-state index in [1.54, 1.807) is 0 Å². The number of amides is 1. The first kappa shape index (κ1) is 17.2. The largest absolute Gasteiger partial charge is 0.490 e. The standard InChI is InChI=1S/C21H24N4O3/c1-13-10-16-18(12-23-21(16)26)24-20(13)25-7-4-14(5-8-25)28-15-2-3-19-17(11-15)22-6-9-27-19/h2-3,10-11,14,22H,4-9,12H2,1H3,(H,23,26). The lowest BCUT2D eigenvalue weighted by Gasteiger charge is -2.34. The van der Waals surface area contributed by atoms with Crippen molar-refractivity contribution >= 4 is 17.4 Å². The van der Waals surface area contributed by atoms with Crippen molar-refractivity contribution in [3.8, 4) is 11.5 Å². The molecule has 1 fully saturated rings. The van der Waals surface area contributed by atoms with E-state index in [1.807, 2.05) is 31.2 Å². The molecule has 2 aromatic rings. The van der Waals surface area contributed by atoms with Crippen molar-refractivity contribution in [2.45, 2.75) is 32.4 Å². The Bertz CT molecular complexity index is 922. The number of carbonyl (C=O) groups is 1. The number of pyridine rings is 1. The summed E-state index contributed by atoms with van der Waals surface area (Å²) < 4.78 is 11.9. The Labute approximate surface area is 164 Å². The van der Waals surface area contributed by atoms with Crippen LogP contribution in [-0.4, -0.2) is 43.2 Å². The molecule has 0 unspecified atom stereocenters. The maximum Gasteiger partial charge on any atom is 0.253 e. The zero-order valence-electron chi connectivity index (χ0n) is 16.0. The van der Waals surface area contributed by atoms with Crippen molar-refractivity contribution in [2.75, 3.05) is 36.5 Å². The number of hydrogen-bond acceptors (Lipinski definition) is 6. The second-order valence-corrected chi connectivity index (χ2v) is 7.54. The summed E-state index contributed by atoms with van der Waals surface area (Å²) in [5.41, 5.74) is 3.62. The third-order valence-corrected chi connectivity index (χ3v) is 5.60. The summed E-state index contributed by atoms with van der Waals surface area (Å²) in [5.74, 6) is 2.74. The molecule has 2 N–H and O–H groups in total. The van der Waals surface area contributed by atoms with E-state index in [9.17, 15) is 4.79 Å². The van der Waals surface area contributed by atoms with Gasteiger partial charge in [0.2, 0.25) is 0 Å². The molecular weight excluding hydrogens is 356 g/mol. The molecule has 28 heavy (non-hydrogen) atoms. The van der Waals surface area contributed by atoms with Crippen LogP contribution in [0.2, 0.25) is 0 Å². The van der Waals surface area contributed by atoms with Crippen molar-refractivity contribution in [1.29, 1.82) is 0 Å². The molecule has 3 aliphatic heterocycles. The van der Waals surface area contributed by atoms with Crippen LogP contribution in [0.3, 0.4) is 0 Å². The summed E-state index contributed by atoms with van der Waals surface area (Å²) in [7, 11) is 0. The smallest absolute Gasteiger partial charge is 0.253 e. The van der Waals surface area contributed by atoms with Gasteiger partial charge < -0.3 is 25.0 Å². The third-order valence-electron chi connectivity index (χ3n) is 5.60. The average molecular weight is 380 g/mol. The average Bonchev–Trinajstić information content (AvgIpc) is 3.08. The van der Waals surface area contributed by atoms with Crippen molar-refractivity contribution in [3.63, 3.8) is 0 Å².